The van der Waals surface area contributed by atoms with Gasteiger partial charge in [-0.05, 0) is 70.0 Å². The van der Waals surface area contributed by atoms with Crippen LogP contribution in [0.1, 0.15) is 43.7 Å². The third-order valence-corrected chi connectivity index (χ3v) is 5.29. The third-order valence-electron chi connectivity index (χ3n) is 5.29. The van der Waals surface area contributed by atoms with Gasteiger partial charge < -0.3 is 10.4 Å². The summed E-state index contributed by atoms with van der Waals surface area (Å²) in [4.78, 5) is 14.5. The number of nitrogens with one attached hydrogen (secondary N) is 1. The van der Waals surface area contributed by atoms with Gasteiger partial charge in [-0.2, -0.15) is 0 Å². The Morgan fingerprint density at radius 3 is 2.58 bits per heavy atom. The zero-order valence-electron chi connectivity index (χ0n) is 15.3. The first-order valence-electron chi connectivity index (χ1n) is 9.14. The smallest absolute Gasteiger partial charge is 0.234 e. The number of aryl methyl sites for hydroxylation is 1. The molecule has 0 heterocycles. The van der Waals surface area contributed by atoms with Crippen LogP contribution in [0.15, 0.2) is 24.3 Å². The van der Waals surface area contributed by atoms with Crippen LogP contribution in [-0.4, -0.2) is 48.2 Å². The fourth-order valence-corrected chi connectivity index (χ4v) is 3.66. The maximum absolute atomic E-state index is 12.3. The molecule has 0 aromatic heterocycles. The topological polar surface area (TPSA) is 52.6 Å². The molecule has 0 spiro atoms. The van der Waals surface area contributed by atoms with Crippen LogP contribution in [0, 0.1) is 12.8 Å². The van der Waals surface area contributed by atoms with Crippen molar-refractivity contribution in [1.82, 2.24) is 10.2 Å². The monoisotopic (exact) mass is 332 g/mol. The van der Waals surface area contributed by atoms with E-state index in [0.717, 1.165) is 32.1 Å². The second-order valence-corrected chi connectivity index (χ2v) is 7.37. The molecule has 1 aromatic carbocycles. The minimum atomic E-state index is 0.0999. The van der Waals surface area contributed by atoms with E-state index in [-0.39, 0.29) is 11.9 Å². The van der Waals surface area contributed by atoms with E-state index in [9.17, 15) is 9.90 Å². The Morgan fingerprint density at radius 2 is 1.96 bits per heavy atom. The Balaban J connectivity index is 1.75. The lowest BCUT2D eigenvalue weighted by Crippen LogP contribution is -2.45. The Hall–Kier alpha value is -1.39. The van der Waals surface area contributed by atoms with Crippen LogP contribution in [0.25, 0.3) is 0 Å². The summed E-state index contributed by atoms with van der Waals surface area (Å²) in [6, 6.07) is 8.93. The van der Waals surface area contributed by atoms with Crippen molar-refractivity contribution in [2.45, 2.75) is 58.0 Å². The molecule has 1 unspecified atom stereocenters. The number of likely N-dealkylation sites (N-methyl/N-ethyl adjacent to an activating group) is 1. The number of rotatable bonds is 7. The zero-order chi connectivity index (χ0) is 17.5. The molecule has 4 heteroatoms. The number of carbonyl (C=O) groups is 1. The summed E-state index contributed by atoms with van der Waals surface area (Å²) in [5.41, 5.74) is 2.57. The average Bonchev–Trinajstić information content (AvgIpc) is 2.56. The molecule has 1 amide bonds. The Bertz CT molecular complexity index is 524. The highest BCUT2D eigenvalue weighted by atomic mass is 16.3. The summed E-state index contributed by atoms with van der Waals surface area (Å²) in [5, 5.41) is 12.3. The lowest BCUT2D eigenvalue weighted by molar-refractivity contribution is -0.123. The quantitative estimate of drug-likeness (QED) is 0.807. The number of benzene rings is 1. The van der Waals surface area contributed by atoms with E-state index in [4.69, 9.17) is 0 Å². The summed E-state index contributed by atoms with van der Waals surface area (Å²) in [7, 11) is 2.04. The zero-order valence-corrected chi connectivity index (χ0v) is 15.3. The van der Waals surface area contributed by atoms with Crippen molar-refractivity contribution in [3.05, 3.63) is 35.4 Å². The number of amides is 1. The molecule has 2 N–H and O–H groups in total. The molecule has 134 valence electrons. The Kier molecular flexibility index (Phi) is 7.25. The predicted molar refractivity (Wildman–Crippen MR) is 97.9 cm³/mol. The first-order valence-corrected chi connectivity index (χ1v) is 9.14. The molecular weight excluding hydrogens is 300 g/mol. The van der Waals surface area contributed by atoms with Crippen LogP contribution in [0.3, 0.4) is 0 Å². The van der Waals surface area contributed by atoms with Gasteiger partial charge in [0.25, 0.3) is 0 Å². The molecule has 24 heavy (non-hydrogen) atoms. The maximum atomic E-state index is 12.3. The molecule has 4 nitrogen and oxygen atoms in total. The van der Waals surface area contributed by atoms with Crippen molar-refractivity contribution in [3.8, 4) is 0 Å². The summed E-state index contributed by atoms with van der Waals surface area (Å²) in [6.07, 6.45) is 5.15. The molecular formula is C20H32N2O2. The van der Waals surface area contributed by atoms with Crippen molar-refractivity contribution < 1.29 is 9.90 Å². The van der Waals surface area contributed by atoms with Gasteiger partial charge in [-0.1, -0.05) is 24.3 Å². The van der Waals surface area contributed by atoms with E-state index in [1.165, 1.54) is 11.1 Å². The van der Waals surface area contributed by atoms with Gasteiger partial charge in [0.15, 0.2) is 0 Å². The summed E-state index contributed by atoms with van der Waals surface area (Å²) in [6.45, 7) is 4.93. The molecule has 0 bridgehead atoms. The van der Waals surface area contributed by atoms with Crippen LogP contribution < -0.4 is 5.32 Å². The molecule has 0 radical (unpaired) electrons. The third kappa shape index (κ3) is 5.60. The highest BCUT2D eigenvalue weighted by Gasteiger charge is 2.24. The molecule has 1 aliphatic rings. The van der Waals surface area contributed by atoms with E-state index in [1.54, 1.807) is 0 Å². The number of nitrogens with zero attached hydrogens (tertiary/aromatic N) is 1. The first-order chi connectivity index (χ1) is 11.5. The van der Waals surface area contributed by atoms with Crippen molar-refractivity contribution in [2.75, 3.05) is 20.2 Å². The van der Waals surface area contributed by atoms with Crippen LogP contribution in [-0.2, 0) is 11.2 Å². The highest BCUT2D eigenvalue weighted by molar-refractivity contribution is 5.78. The molecule has 0 saturated heterocycles. The lowest BCUT2D eigenvalue weighted by Gasteiger charge is -2.34. The SMILES string of the molecule is Cc1ccccc1CC(C)NC(=O)CN(C)C1CCC(CO)CC1. The molecule has 1 fully saturated rings. The van der Waals surface area contributed by atoms with Gasteiger partial charge in [0.1, 0.15) is 0 Å². The summed E-state index contributed by atoms with van der Waals surface area (Å²) >= 11 is 0. The molecule has 1 atom stereocenters. The molecule has 1 aliphatic carbocycles. The minimum Gasteiger partial charge on any atom is -0.396 e. The van der Waals surface area contributed by atoms with Crippen LogP contribution >= 0.6 is 0 Å². The molecule has 1 aromatic rings. The minimum absolute atomic E-state index is 0.0999. The number of hydrogen-bond donors (Lipinski definition) is 2. The first kappa shape index (κ1) is 18.9. The fraction of sp³-hybridized carbons (Fsp3) is 0.650. The number of hydrogen-bond acceptors (Lipinski definition) is 3. The number of aliphatic hydroxyl groups is 1. The van der Waals surface area contributed by atoms with Gasteiger partial charge in [0, 0.05) is 18.7 Å². The standard InChI is InChI=1S/C20H32N2O2/c1-15-6-4-5-7-18(15)12-16(2)21-20(24)13-22(3)19-10-8-17(14-23)9-11-19/h4-7,16-17,19,23H,8-14H2,1-3H3,(H,21,24). The summed E-state index contributed by atoms with van der Waals surface area (Å²) < 4.78 is 0. The largest absolute Gasteiger partial charge is 0.396 e. The number of carbonyl (C=O) groups excluding carboxylic acids is 1. The molecule has 0 aliphatic heterocycles. The van der Waals surface area contributed by atoms with E-state index in [1.807, 2.05) is 19.2 Å². The van der Waals surface area contributed by atoms with Crippen molar-refractivity contribution in [1.29, 1.82) is 0 Å². The lowest BCUT2D eigenvalue weighted by atomic mass is 9.86. The van der Waals surface area contributed by atoms with E-state index >= 15 is 0 Å². The Morgan fingerprint density at radius 1 is 1.29 bits per heavy atom. The van der Waals surface area contributed by atoms with E-state index in [2.05, 4.69) is 36.2 Å². The van der Waals surface area contributed by atoms with Gasteiger partial charge in [0.2, 0.25) is 5.91 Å². The van der Waals surface area contributed by atoms with Crippen molar-refractivity contribution in [2.24, 2.45) is 5.92 Å². The summed E-state index contributed by atoms with van der Waals surface area (Å²) in [5.74, 6) is 0.556. The second kappa shape index (κ2) is 9.19. The maximum Gasteiger partial charge on any atom is 0.234 e. The van der Waals surface area contributed by atoms with Crippen molar-refractivity contribution in [3.63, 3.8) is 0 Å². The van der Waals surface area contributed by atoms with Crippen LogP contribution in [0.2, 0.25) is 0 Å². The van der Waals surface area contributed by atoms with Gasteiger partial charge in [-0.15, -0.1) is 0 Å². The second-order valence-electron chi connectivity index (χ2n) is 7.37. The van der Waals surface area contributed by atoms with E-state index in [0.29, 0.717) is 25.1 Å². The van der Waals surface area contributed by atoms with Gasteiger partial charge in [0.05, 0.1) is 6.54 Å². The Labute approximate surface area is 146 Å². The van der Waals surface area contributed by atoms with Crippen molar-refractivity contribution >= 4 is 5.91 Å². The van der Waals surface area contributed by atoms with Gasteiger partial charge >= 0.3 is 0 Å². The fourth-order valence-electron chi connectivity index (χ4n) is 3.66. The van der Waals surface area contributed by atoms with Crippen LogP contribution in [0.4, 0.5) is 0 Å². The van der Waals surface area contributed by atoms with Gasteiger partial charge in [-0.25, -0.2) is 0 Å². The highest BCUT2D eigenvalue weighted by Crippen LogP contribution is 2.26. The van der Waals surface area contributed by atoms with E-state index < -0.39 is 0 Å². The average molecular weight is 332 g/mol. The normalized spacial score (nSPS) is 22.4. The number of aliphatic hydroxyl groups excluding tert-OH is 1. The molecule has 2 rings (SSSR count). The van der Waals surface area contributed by atoms with Gasteiger partial charge in [-0.3, -0.25) is 9.69 Å². The predicted octanol–water partition coefficient (Wildman–Crippen LogP) is 2.53. The molecule has 1 saturated carbocycles. The van der Waals surface area contributed by atoms with Crippen LogP contribution in [0.5, 0.6) is 0 Å².